The molecule has 3 aliphatic heterocycles. The zero-order chi connectivity index (χ0) is 49.0. The first-order chi connectivity index (χ1) is 34.6. The van der Waals surface area contributed by atoms with Gasteiger partial charge in [-0.15, -0.1) is 0 Å². The number of rotatable bonds is 10. The van der Waals surface area contributed by atoms with Crippen molar-refractivity contribution in [2.45, 2.75) is 4.90 Å². The molecular formula is C56H49N6O7S2+3. The van der Waals surface area contributed by atoms with Gasteiger partial charge in [0.1, 0.15) is 5.75 Å². The summed E-state index contributed by atoms with van der Waals surface area (Å²) in [4.78, 5) is 4.74. The normalized spacial score (nSPS) is 13.5. The molecule has 354 valence electrons. The number of nitrogens with one attached hydrogen (secondary N) is 2. The Bertz CT molecular complexity index is 3510. The standard InChI is InChI=1S/C21H17N2O.C20H17N2O3S.C15H15N2O3S/c1-3-10-19(11-4-1)22-14-17-8-7-9-18-15-23(16-24-21(17)18)20-12-5-2-6-13-20;23-26(24,18-11-5-2-6-12-18)21-19-13-7-8-16-14-22(15-25-20(16)19)17-9-3-1-4-10-17;1-21(18,19)16-14-9-5-6-12-10-17(11-20-15(12)14)13-7-3-2-4-8-13/h1-15H,16H2;1-14,21H,15H2;2-10,16H,11H2,1H3/q3*+1. The molecule has 0 aromatic heterocycles. The van der Waals surface area contributed by atoms with Crippen LogP contribution in [0.25, 0.3) is 0 Å². The summed E-state index contributed by atoms with van der Waals surface area (Å²) >= 11 is 0. The van der Waals surface area contributed by atoms with E-state index < -0.39 is 20.0 Å². The van der Waals surface area contributed by atoms with Crippen LogP contribution in [-0.2, 0) is 20.0 Å². The van der Waals surface area contributed by atoms with E-state index in [0.717, 1.165) is 57.0 Å². The minimum atomic E-state index is -3.67. The number of benzene rings is 8. The monoisotopic (exact) mass is 981 g/mol. The van der Waals surface area contributed by atoms with E-state index >= 15 is 0 Å². The topological polar surface area (TPSA) is 141 Å². The van der Waals surface area contributed by atoms with Gasteiger partial charge in [0.05, 0.1) is 44.9 Å². The van der Waals surface area contributed by atoms with Gasteiger partial charge in [0.25, 0.3) is 30.2 Å². The molecule has 2 N–H and O–H groups in total. The Hall–Kier alpha value is -8.66. The average molecular weight is 982 g/mol. The molecule has 0 saturated carbocycles. The molecule has 3 heterocycles. The predicted octanol–water partition coefficient (Wildman–Crippen LogP) is 10.3. The van der Waals surface area contributed by atoms with Crippen molar-refractivity contribution in [2.24, 2.45) is 4.99 Å². The summed E-state index contributed by atoms with van der Waals surface area (Å²) in [5.41, 5.74) is 8.65. The Labute approximate surface area is 413 Å². The quantitative estimate of drug-likeness (QED) is 0.103. The molecule has 0 amide bonds. The molecule has 11 rings (SSSR count). The summed E-state index contributed by atoms with van der Waals surface area (Å²) in [7, 11) is -7.00. The summed E-state index contributed by atoms with van der Waals surface area (Å²) in [6, 6.07) is 65.0. The molecule has 8 aromatic carbocycles. The molecule has 0 fully saturated rings. The maximum absolute atomic E-state index is 12.6. The largest absolute Gasteiger partial charge is 0.434 e. The minimum absolute atomic E-state index is 0.211. The fourth-order valence-electron chi connectivity index (χ4n) is 7.72. The number of fused-ring (bicyclic) bond motifs is 3. The number of hydrogen-bond donors (Lipinski definition) is 2. The van der Waals surface area contributed by atoms with Gasteiger partial charge in [-0.1, -0.05) is 109 Å². The number of sulfonamides is 2. The van der Waals surface area contributed by atoms with Crippen LogP contribution in [0.15, 0.2) is 216 Å². The minimum Gasteiger partial charge on any atom is -0.434 e. The summed E-state index contributed by atoms with van der Waals surface area (Å²) in [5, 5.41) is 0. The van der Waals surface area contributed by atoms with Gasteiger partial charge >= 0.3 is 0 Å². The van der Waals surface area contributed by atoms with Crippen LogP contribution in [0.4, 0.5) is 34.1 Å². The third-order valence-corrected chi connectivity index (χ3v) is 13.0. The number of anilines is 2. The van der Waals surface area contributed by atoms with Crippen molar-refractivity contribution in [3.05, 3.63) is 229 Å². The molecule has 8 aromatic rings. The Morgan fingerprint density at radius 3 is 1.27 bits per heavy atom. The molecule has 15 heteroatoms. The molecule has 0 spiro atoms. The number of nitrogens with zero attached hydrogens (tertiary/aromatic N) is 4. The van der Waals surface area contributed by atoms with E-state index in [1.807, 2.05) is 161 Å². The van der Waals surface area contributed by atoms with E-state index in [9.17, 15) is 16.8 Å². The maximum atomic E-state index is 12.6. The third-order valence-electron chi connectivity index (χ3n) is 11.1. The Kier molecular flexibility index (Phi) is 14.5. The van der Waals surface area contributed by atoms with E-state index in [-0.39, 0.29) is 4.90 Å². The van der Waals surface area contributed by atoms with E-state index in [2.05, 4.69) is 43.4 Å². The van der Waals surface area contributed by atoms with Crippen LogP contribution in [0, 0.1) is 0 Å². The molecule has 0 unspecified atom stereocenters. The first-order valence-electron chi connectivity index (χ1n) is 22.5. The SMILES string of the molecule is C(=Nc1ccccc1)c1cccc2c1OC[N+](c1ccccc1)=C2.CS(=O)(=O)Nc1cccc2c1OC[N+](c1ccccc1)=C2.O=S(=O)(Nc1cccc2c1OC[N+](c1ccccc1)=C2)c1ccccc1. The van der Waals surface area contributed by atoms with Gasteiger partial charge in [-0.2, -0.15) is 13.7 Å². The van der Waals surface area contributed by atoms with E-state index in [1.165, 1.54) is 0 Å². The van der Waals surface area contributed by atoms with Crippen molar-refractivity contribution in [2.75, 3.05) is 35.9 Å². The van der Waals surface area contributed by atoms with Crippen molar-refractivity contribution >= 4 is 79.0 Å². The van der Waals surface area contributed by atoms with Crippen molar-refractivity contribution in [3.63, 3.8) is 0 Å². The van der Waals surface area contributed by atoms with E-state index in [1.54, 1.807) is 54.6 Å². The second kappa shape index (κ2) is 21.7. The zero-order valence-electron chi connectivity index (χ0n) is 38.5. The molecule has 71 heavy (non-hydrogen) atoms. The number of ether oxygens (including phenoxy) is 3. The maximum Gasteiger partial charge on any atom is 0.292 e. The first kappa shape index (κ1) is 47.4. The van der Waals surface area contributed by atoms with Crippen molar-refractivity contribution in [1.82, 2.24) is 0 Å². The second-order valence-corrected chi connectivity index (χ2v) is 19.7. The Balaban J connectivity index is 0.000000133. The fraction of sp³-hybridized carbons (Fsp3) is 0.0714. The van der Waals surface area contributed by atoms with Crippen molar-refractivity contribution in [1.29, 1.82) is 0 Å². The van der Waals surface area contributed by atoms with Crippen LogP contribution in [-0.4, -0.2) is 81.9 Å². The van der Waals surface area contributed by atoms with Crippen LogP contribution in [0.3, 0.4) is 0 Å². The molecule has 0 bridgehead atoms. The van der Waals surface area contributed by atoms with E-state index in [0.29, 0.717) is 43.1 Å². The zero-order valence-corrected chi connectivity index (χ0v) is 40.2. The summed E-state index contributed by atoms with van der Waals surface area (Å²) in [6.07, 6.45) is 9.00. The molecule has 0 atom stereocenters. The van der Waals surface area contributed by atoms with Gasteiger partial charge in [0, 0.05) is 48.2 Å². The highest BCUT2D eigenvalue weighted by Gasteiger charge is 2.26. The van der Waals surface area contributed by atoms with Gasteiger partial charge in [0.15, 0.2) is 30.1 Å². The lowest BCUT2D eigenvalue weighted by atomic mass is 10.1. The Morgan fingerprint density at radius 1 is 0.437 bits per heavy atom. The van der Waals surface area contributed by atoms with Gasteiger partial charge in [-0.25, -0.2) is 16.8 Å². The van der Waals surface area contributed by atoms with Crippen molar-refractivity contribution in [3.8, 4) is 17.2 Å². The molecule has 0 aliphatic carbocycles. The smallest absolute Gasteiger partial charge is 0.292 e. The lowest BCUT2D eigenvalue weighted by molar-refractivity contribution is -0.476. The van der Waals surface area contributed by atoms with Crippen LogP contribution in [0.2, 0.25) is 0 Å². The molecular weight excluding hydrogens is 933 g/mol. The van der Waals surface area contributed by atoms with Crippen LogP contribution in [0.1, 0.15) is 22.3 Å². The average Bonchev–Trinajstić information content (AvgIpc) is 3.41. The van der Waals surface area contributed by atoms with Gasteiger partial charge < -0.3 is 14.2 Å². The fourth-order valence-corrected chi connectivity index (χ4v) is 9.37. The van der Waals surface area contributed by atoms with Gasteiger partial charge in [0.2, 0.25) is 27.1 Å². The number of aliphatic imine (C=N–C) groups is 1. The van der Waals surface area contributed by atoms with Gasteiger partial charge in [-0.05, 0) is 60.7 Å². The molecule has 3 aliphatic rings. The summed E-state index contributed by atoms with van der Waals surface area (Å²) in [6.45, 7) is 1.13. The Morgan fingerprint density at radius 2 is 0.817 bits per heavy atom. The first-order valence-corrected chi connectivity index (χ1v) is 25.9. The van der Waals surface area contributed by atoms with Crippen LogP contribution < -0.4 is 23.7 Å². The third kappa shape index (κ3) is 12.1. The van der Waals surface area contributed by atoms with E-state index in [4.69, 9.17) is 14.2 Å². The number of para-hydroxylation sites is 7. The van der Waals surface area contributed by atoms with Crippen molar-refractivity contribution < 1.29 is 44.8 Å². The second-order valence-electron chi connectivity index (χ2n) is 16.2. The highest BCUT2D eigenvalue weighted by atomic mass is 32.2. The lowest BCUT2D eigenvalue weighted by Gasteiger charge is -2.17. The summed E-state index contributed by atoms with van der Waals surface area (Å²) < 4.78 is 76.7. The summed E-state index contributed by atoms with van der Waals surface area (Å²) in [5.74, 6) is 1.96. The molecule has 0 saturated heterocycles. The highest BCUT2D eigenvalue weighted by Crippen LogP contribution is 2.34. The van der Waals surface area contributed by atoms with Crippen LogP contribution in [0.5, 0.6) is 17.2 Å². The predicted molar refractivity (Wildman–Crippen MR) is 280 cm³/mol. The van der Waals surface area contributed by atoms with Crippen LogP contribution >= 0.6 is 0 Å². The number of hydrogen-bond acceptors (Lipinski definition) is 8. The van der Waals surface area contributed by atoms with Gasteiger partial charge in [-0.3, -0.25) is 14.4 Å². The molecule has 0 radical (unpaired) electrons. The molecule has 13 nitrogen and oxygen atoms in total. The highest BCUT2D eigenvalue weighted by molar-refractivity contribution is 7.92. The lowest BCUT2D eigenvalue weighted by Crippen LogP contribution is -2.22.